The molecule has 0 amide bonds. The highest BCUT2D eigenvalue weighted by Gasteiger charge is 2.34. The number of carbonyl (C=O) groups is 2. The molecule has 2 aromatic heterocycles. The van der Waals surface area contributed by atoms with Crippen molar-refractivity contribution in [1.29, 1.82) is 0 Å². The van der Waals surface area contributed by atoms with Gasteiger partial charge in [0, 0.05) is 92.3 Å². The third-order valence-electron chi connectivity index (χ3n) is 10.2. The Kier molecular flexibility index (Phi) is 10.4. The molecule has 0 saturated carbocycles. The summed E-state index contributed by atoms with van der Waals surface area (Å²) in [6.45, 7) is -8.20. The van der Waals surface area contributed by atoms with Gasteiger partial charge in [0.05, 0.1) is 49.9 Å². The summed E-state index contributed by atoms with van der Waals surface area (Å²) in [6.07, 6.45) is 3.01. The van der Waals surface area contributed by atoms with Crippen LogP contribution in [0.25, 0.3) is 22.5 Å². The van der Waals surface area contributed by atoms with Crippen LogP contribution in [-0.4, -0.2) is 75.6 Å². The maximum Gasteiger partial charge on any atom is 0.228 e. The monoisotopic (exact) mass is 846 g/mol. The molecule has 0 unspecified atom stereocenters. The minimum Gasteiger partial charge on any atom is -0.493 e. The summed E-state index contributed by atoms with van der Waals surface area (Å²) in [7, 11) is 5.88. The fourth-order valence-corrected chi connectivity index (χ4v) is 7.24. The Balaban J connectivity index is 0.000000267. The number of pyridine rings is 2. The highest BCUT2D eigenvalue weighted by Crippen LogP contribution is 2.45. The summed E-state index contributed by atoms with van der Waals surface area (Å²) in [5.74, 6) is -6.77. The molecule has 6 rings (SSSR count). The van der Waals surface area contributed by atoms with Gasteiger partial charge in [-0.2, -0.15) is 0 Å². The van der Waals surface area contributed by atoms with E-state index in [2.05, 4.69) is 0 Å². The zero-order valence-corrected chi connectivity index (χ0v) is 34.2. The third-order valence-corrected chi connectivity index (χ3v) is 10.2. The maximum atomic E-state index is 15.6. The van der Waals surface area contributed by atoms with Gasteiger partial charge in [0.25, 0.3) is 0 Å². The largest absolute Gasteiger partial charge is 0.493 e. The van der Waals surface area contributed by atoms with E-state index >= 15 is 8.78 Å². The Labute approximate surface area is 366 Å². The molecule has 4 heterocycles. The second kappa shape index (κ2) is 19.8. The van der Waals surface area contributed by atoms with Crippen molar-refractivity contribution in [1.82, 2.24) is 9.13 Å². The molecule has 0 spiro atoms. The molecule has 0 N–H and O–H groups in total. The van der Waals surface area contributed by atoms with Crippen LogP contribution in [0.15, 0.2) is 46.2 Å². The first kappa shape index (κ1) is 31.5. The molecule has 60 heavy (non-hydrogen) atoms. The van der Waals surface area contributed by atoms with E-state index in [4.69, 9.17) is 44.9 Å². The number of benzene rings is 2. The van der Waals surface area contributed by atoms with E-state index < -0.39 is 96.5 Å². The van der Waals surface area contributed by atoms with Crippen molar-refractivity contribution in [2.24, 2.45) is 11.8 Å². The Bertz CT molecular complexity index is 2570. The number of fused-ring (bicyclic) bond motifs is 6. The SMILES string of the molecule is [2H]C([2H])([2H])C([C@@H]1Cc2cc(OCCCOC)c(OC)cc2-c2c(F)c(=O)c(C(C)=O)cn21)C([2H])([2H])[2H].[2H]C([2H])([2H])C([C@@H]1Cc2cc(OCCCOC)c(OC)cc2-c2c(F)c(=O)c(C(C)=O)cn21)C([2H])([2H])[2H]. The van der Waals surface area contributed by atoms with Crippen LogP contribution in [0.3, 0.4) is 0 Å². The zero-order valence-electron chi connectivity index (χ0n) is 46.2. The van der Waals surface area contributed by atoms with E-state index in [-0.39, 0.29) is 60.1 Å². The standard InChI is InChI=1S/2C23H28FNO5/c2*1-13(2)18-9-15-10-20(30-8-6-7-28-4)19(29-5)11-16(15)22-21(24)23(27)17(14(3)26)12-25(18)22/h2*10-13,18H,6-9H2,1-5H3/t2*18-/m00/s1/i2*1D3,2D3. The van der Waals surface area contributed by atoms with Crippen LogP contribution in [0.4, 0.5) is 8.78 Å². The smallest absolute Gasteiger partial charge is 0.228 e. The van der Waals surface area contributed by atoms with E-state index in [1.807, 2.05) is 0 Å². The molecule has 4 aromatic rings. The topological polar surface area (TPSA) is 134 Å². The van der Waals surface area contributed by atoms with E-state index in [1.165, 1.54) is 38.5 Å². The van der Waals surface area contributed by atoms with E-state index in [0.717, 1.165) is 35.4 Å². The van der Waals surface area contributed by atoms with Crippen molar-refractivity contribution >= 4 is 11.6 Å². The highest BCUT2D eigenvalue weighted by molar-refractivity contribution is 5.94. The average molecular weight is 847 g/mol. The molecular weight excluding hydrogens is 779 g/mol. The van der Waals surface area contributed by atoms with Crippen molar-refractivity contribution < 1.29 is 63.2 Å². The molecular formula is C46H56F2N2O10. The number of carbonyl (C=O) groups excluding carboxylic acids is 2. The van der Waals surface area contributed by atoms with Crippen LogP contribution in [0, 0.1) is 23.5 Å². The van der Waals surface area contributed by atoms with Crippen molar-refractivity contribution in [2.45, 2.75) is 79.0 Å². The van der Waals surface area contributed by atoms with Crippen LogP contribution in [0.5, 0.6) is 23.0 Å². The first-order valence-electron chi connectivity index (χ1n) is 25.0. The summed E-state index contributed by atoms with van der Waals surface area (Å²) < 4.78 is 161. The van der Waals surface area contributed by atoms with Gasteiger partial charge in [-0.1, -0.05) is 27.4 Å². The van der Waals surface area contributed by atoms with Gasteiger partial charge in [-0.05, 0) is 73.9 Å². The second-order valence-corrected chi connectivity index (χ2v) is 14.2. The van der Waals surface area contributed by atoms with Gasteiger partial charge in [-0.3, -0.25) is 19.2 Å². The van der Waals surface area contributed by atoms with Crippen molar-refractivity contribution in [3.05, 3.63) is 91.0 Å². The third kappa shape index (κ3) is 9.34. The van der Waals surface area contributed by atoms with Gasteiger partial charge in [0.15, 0.2) is 46.2 Å². The number of methoxy groups -OCH3 is 4. The number of rotatable bonds is 16. The van der Waals surface area contributed by atoms with Crippen molar-refractivity contribution in [3.63, 3.8) is 0 Å². The predicted molar refractivity (Wildman–Crippen MR) is 224 cm³/mol. The first-order valence-corrected chi connectivity index (χ1v) is 19.0. The summed E-state index contributed by atoms with van der Waals surface area (Å²) in [5.41, 5.74) is -2.72. The number of hydrogen-bond donors (Lipinski definition) is 0. The summed E-state index contributed by atoms with van der Waals surface area (Å²) in [5, 5.41) is 0. The van der Waals surface area contributed by atoms with Gasteiger partial charge in [0.2, 0.25) is 10.9 Å². The number of ketones is 2. The van der Waals surface area contributed by atoms with Gasteiger partial charge in [-0.15, -0.1) is 0 Å². The minimum atomic E-state index is -2.95. The van der Waals surface area contributed by atoms with Crippen LogP contribution >= 0.6 is 0 Å². The molecule has 2 atom stereocenters. The first-order chi connectivity index (χ1) is 33.4. The minimum absolute atomic E-state index is 0.123. The van der Waals surface area contributed by atoms with Gasteiger partial charge < -0.3 is 37.6 Å². The molecule has 0 bridgehead atoms. The molecule has 0 saturated heterocycles. The summed E-state index contributed by atoms with van der Waals surface area (Å²) >= 11 is 0. The lowest BCUT2D eigenvalue weighted by atomic mass is 9.86. The lowest BCUT2D eigenvalue weighted by molar-refractivity contribution is 0.100. The molecule has 2 aromatic carbocycles. The normalized spacial score (nSPS) is 18.8. The van der Waals surface area contributed by atoms with Gasteiger partial charge in [0.1, 0.15) is 0 Å². The van der Waals surface area contributed by atoms with E-state index in [1.54, 1.807) is 14.2 Å². The quantitative estimate of drug-likeness (QED) is 0.0806. The lowest BCUT2D eigenvalue weighted by Gasteiger charge is -2.34. The average Bonchev–Trinajstić information content (AvgIpc) is 3.26. The molecule has 0 aliphatic carbocycles. The predicted octanol–water partition coefficient (Wildman–Crippen LogP) is 8.07. The Hall–Kier alpha value is -5.34. The molecule has 14 heteroatoms. The van der Waals surface area contributed by atoms with Crippen LogP contribution in [0.2, 0.25) is 0 Å². The molecule has 12 nitrogen and oxygen atoms in total. The van der Waals surface area contributed by atoms with Crippen LogP contribution in [0.1, 0.15) is 114 Å². The Morgan fingerprint density at radius 1 is 0.650 bits per heavy atom. The van der Waals surface area contributed by atoms with Crippen molar-refractivity contribution in [3.8, 4) is 45.5 Å². The van der Waals surface area contributed by atoms with Gasteiger partial charge in [-0.25, -0.2) is 8.78 Å². The zero-order chi connectivity index (χ0) is 54.0. The Morgan fingerprint density at radius 3 is 1.35 bits per heavy atom. The molecule has 0 fully saturated rings. The number of nitrogens with zero attached hydrogens (tertiary/aromatic N) is 2. The summed E-state index contributed by atoms with van der Waals surface area (Å²) in [6, 6.07) is 3.37. The number of ether oxygens (including phenoxy) is 6. The van der Waals surface area contributed by atoms with Crippen molar-refractivity contribution in [2.75, 3.05) is 54.9 Å². The molecule has 2 aliphatic rings. The number of halogens is 2. The molecule has 2 aliphatic heterocycles. The number of aromatic nitrogens is 2. The number of hydrogen-bond acceptors (Lipinski definition) is 10. The Morgan fingerprint density at radius 2 is 1.03 bits per heavy atom. The molecule has 0 radical (unpaired) electrons. The van der Waals surface area contributed by atoms with E-state index in [9.17, 15) is 19.2 Å². The second-order valence-electron chi connectivity index (χ2n) is 14.2. The van der Waals surface area contributed by atoms with Crippen LogP contribution < -0.4 is 29.8 Å². The summed E-state index contributed by atoms with van der Waals surface area (Å²) in [4.78, 5) is 49.5. The fraction of sp³-hybridized carbons (Fsp3) is 0.478. The van der Waals surface area contributed by atoms with Gasteiger partial charge >= 0.3 is 0 Å². The maximum absolute atomic E-state index is 15.6. The lowest BCUT2D eigenvalue weighted by Crippen LogP contribution is -2.30. The van der Waals surface area contributed by atoms with E-state index in [0.29, 0.717) is 48.7 Å². The number of Topliss-reactive ketones (excluding diaryl/α,β-unsaturated/α-hetero) is 2. The fourth-order valence-electron chi connectivity index (χ4n) is 7.24. The molecule has 324 valence electrons. The highest BCUT2D eigenvalue weighted by atomic mass is 19.1. The van der Waals surface area contributed by atoms with Crippen LogP contribution in [-0.2, 0) is 22.3 Å².